The molecule has 26 heavy (non-hydrogen) atoms. The van der Waals surface area contributed by atoms with Gasteiger partial charge < -0.3 is 4.55 Å². The molecule has 0 amide bonds. The zero-order valence-electron chi connectivity index (χ0n) is 13.8. The average Bonchev–Trinajstić information content (AvgIpc) is 2.58. The van der Waals surface area contributed by atoms with Crippen LogP contribution in [0.3, 0.4) is 0 Å². The van der Waals surface area contributed by atoms with Crippen molar-refractivity contribution in [2.75, 3.05) is 6.61 Å². The number of H-pyrrole nitrogens is 1. The molecule has 0 aliphatic rings. The molecule has 0 aliphatic heterocycles. The molecule has 3 aromatic rings. The number of benzene rings is 2. The van der Waals surface area contributed by atoms with Crippen LogP contribution >= 0.6 is 0 Å². The number of pyridine rings is 1. The molecule has 7 nitrogen and oxygen atoms in total. The smallest absolute Gasteiger partial charge is 0.374 e. The number of hydrogen-bond acceptors (Lipinski definition) is 6. The number of rotatable bonds is 4. The SMILES string of the molecule is CCCOOC(=O)c1c2ccccc2[nH+]c2ccccc12.O=S(=O)([O-])F. The lowest BCUT2D eigenvalue weighted by molar-refractivity contribution is -0.310. The molecule has 9 heteroatoms. The van der Waals surface area contributed by atoms with E-state index in [-0.39, 0.29) is 0 Å². The van der Waals surface area contributed by atoms with Crippen LogP contribution in [0.2, 0.25) is 0 Å². The van der Waals surface area contributed by atoms with Crippen LogP contribution < -0.4 is 4.98 Å². The first-order chi connectivity index (χ1) is 12.3. The molecule has 0 atom stereocenters. The Kier molecular flexibility index (Phi) is 6.56. The lowest BCUT2D eigenvalue weighted by Crippen LogP contribution is -2.13. The van der Waals surface area contributed by atoms with Gasteiger partial charge in [0.2, 0.25) is 11.0 Å². The third kappa shape index (κ3) is 5.45. The van der Waals surface area contributed by atoms with E-state index in [9.17, 15) is 8.68 Å². The van der Waals surface area contributed by atoms with E-state index in [1.54, 1.807) is 0 Å². The van der Waals surface area contributed by atoms with E-state index >= 15 is 0 Å². The molecule has 3 rings (SSSR count). The molecular weight excluding hydrogens is 365 g/mol. The number of fused-ring (bicyclic) bond motifs is 2. The van der Waals surface area contributed by atoms with Gasteiger partial charge in [0.05, 0.1) is 22.9 Å². The van der Waals surface area contributed by atoms with Crippen LogP contribution in [0.25, 0.3) is 21.8 Å². The molecule has 2 aromatic carbocycles. The molecule has 1 heterocycles. The standard InChI is InChI=1S/C17H15NO3.FHO3S/c1-2-11-20-21-17(19)16-12-7-3-5-9-14(12)18-15-10-6-4-8-13(15)16;1-5(2,3)4/h3-10H,2,11H2,1H3;(H,2,3,4). The van der Waals surface area contributed by atoms with Crippen molar-refractivity contribution in [3.8, 4) is 0 Å². The van der Waals surface area contributed by atoms with Gasteiger partial charge in [-0.3, -0.25) is 4.89 Å². The first-order valence-corrected chi connectivity index (χ1v) is 8.94. The number of aromatic amines is 1. The average molecular weight is 381 g/mol. The second-order valence-electron chi connectivity index (χ2n) is 5.18. The molecule has 0 fully saturated rings. The van der Waals surface area contributed by atoms with Crippen molar-refractivity contribution in [3.05, 3.63) is 54.1 Å². The van der Waals surface area contributed by atoms with Crippen molar-refractivity contribution in [2.45, 2.75) is 13.3 Å². The van der Waals surface area contributed by atoms with E-state index < -0.39 is 16.5 Å². The van der Waals surface area contributed by atoms with E-state index in [1.807, 2.05) is 55.5 Å². The van der Waals surface area contributed by atoms with E-state index in [0.29, 0.717) is 12.2 Å². The summed E-state index contributed by atoms with van der Waals surface area (Å²) < 4.78 is 35.3. The molecule has 0 bridgehead atoms. The summed E-state index contributed by atoms with van der Waals surface area (Å²) in [6.45, 7) is 2.34. The third-order valence-corrected chi connectivity index (χ3v) is 3.29. The van der Waals surface area contributed by atoms with Crippen molar-refractivity contribution in [1.82, 2.24) is 0 Å². The van der Waals surface area contributed by atoms with Gasteiger partial charge in [-0.25, -0.2) is 18.2 Å². The summed E-state index contributed by atoms with van der Waals surface area (Å²) in [5.74, 6) is -0.468. The Labute approximate surface area is 149 Å². The highest BCUT2D eigenvalue weighted by Gasteiger charge is 2.21. The predicted molar refractivity (Wildman–Crippen MR) is 90.5 cm³/mol. The van der Waals surface area contributed by atoms with Crippen LogP contribution in [0.1, 0.15) is 23.7 Å². The molecule has 0 unspecified atom stereocenters. The second kappa shape index (κ2) is 8.65. The Morgan fingerprint density at radius 3 is 2.00 bits per heavy atom. The maximum atomic E-state index is 12.4. The molecular formula is C17H16FNO6S. The van der Waals surface area contributed by atoms with Crippen LogP contribution in [0.4, 0.5) is 3.89 Å². The molecule has 0 aliphatic carbocycles. The first-order valence-electron chi connectivity index (χ1n) is 7.63. The highest BCUT2D eigenvalue weighted by atomic mass is 32.3. The Bertz CT molecular complexity index is 960. The fraction of sp³-hybridized carbons (Fsp3) is 0.176. The van der Waals surface area contributed by atoms with Gasteiger partial charge in [0.25, 0.3) is 10.5 Å². The summed E-state index contributed by atoms with van der Waals surface area (Å²) >= 11 is 0. The fourth-order valence-corrected chi connectivity index (χ4v) is 2.35. The van der Waals surface area contributed by atoms with Gasteiger partial charge in [0.15, 0.2) is 0 Å². The summed E-state index contributed by atoms with van der Waals surface area (Å²) in [5.41, 5.74) is 2.30. The number of aromatic nitrogens is 1. The lowest BCUT2D eigenvalue weighted by atomic mass is 10.0. The molecule has 0 saturated carbocycles. The monoisotopic (exact) mass is 381 g/mol. The van der Waals surface area contributed by atoms with E-state index in [4.69, 9.17) is 22.7 Å². The van der Waals surface area contributed by atoms with Crippen molar-refractivity contribution < 1.29 is 36.4 Å². The van der Waals surface area contributed by atoms with Gasteiger partial charge in [0, 0.05) is 12.1 Å². The molecule has 1 aromatic heterocycles. The topological polar surface area (TPSA) is 107 Å². The first kappa shape index (κ1) is 19.7. The Morgan fingerprint density at radius 2 is 1.54 bits per heavy atom. The summed E-state index contributed by atoms with van der Waals surface area (Å²) in [4.78, 5) is 25.6. The normalized spacial score (nSPS) is 11.0. The van der Waals surface area contributed by atoms with Crippen molar-refractivity contribution >= 4 is 38.3 Å². The summed E-state index contributed by atoms with van der Waals surface area (Å²) in [6.07, 6.45) is 0.789. The van der Waals surface area contributed by atoms with Gasteiger partial charge in [0.1, 0.15) is 0 Å². The number of halogens is 1. The van der Waals surface area contributed by atoms with Crippen LogP contribution in [-0.4, -0.2) is 25.5 Å². The fourth-order valence-electron chi connectivity index (χ4n) is 2.35. The second-order valence-corrected chi connectivity index (χ2v) is 5.96. The van der Waals surface area contributed by atoms with Crippen LogP contribution in [-0.2, 0) is 20.3 Å². The maximum Gasteiger partial charge on any atom is 0.374 e. The zero-order valence-corrected chi connectivity index (χ0v) is 14.6. The highest BCUT2D eigenvalue weighted by Crippen LogP contribution is 2.24. The van der Waals surface area contributed by atoms with Gasteiger partial charge in [-0.15, -0.1) is 3.89 Å². The van der Waals surface area contributed by atoms with Crippen LogP contribution in [0.15, 0.2) is 48.5 Å². The van der Waals surface area contributed by atoms with E-state index in [1.165, 1.54) is 0 Å². The molecule has 0 radical (unpaired) electrons. The van der Waals surface area contributed by atoms with Crippen LogP contribution in [0.5, 0.6) is 0 Å². The Hall–Kier alpha value is -2.62. The number of para-hydroxylation sites is 2. The van der Waals surface area contributed by atoms with E-state index in [2.05, 4.69) is 4.98 Å². The largest absolute Gasteiger partial charge is 0.722 e. The zero-order chi connectivity index (χ0) is 19.2. The summed E-state index contributed by atoms with van der Waals surface area (Å²) in [5, 5.41) is 1.64. The Balaban J connectivity index is 0.000000431. The van der Waals surface area contributed by atoms with Crippen molar-refractivity contribution in [3.63, 3.8) is 0 Å². The van der Waals surface area contributed by atoms with Crippen molar-refractivity contribution in [1.29, 1.82) is 0 Å². The summed E-state index contributed by atoms with van der Waals surface area (Å²) in [7, 11) is -5.42. The van der Waals surface area contributed by atoms with Gasteiger partial charge >= 0.3 is 5.97 Å². The minimum absolute atomic E-state index is 0.389. The van der Waals surface area contributed by atoms with Crippen molar-refractivity contribution in [2.24, 2.45) is 0 Å². The molecule has 0 saturated heterocycles. The Morgan fingerprint density at radius 1 is 1.08 bits per heavy atom. The summed E-state index contributed by atoms with van der Waals surface area (Å²) in [6, 6.07) is 15.3. The third-order valence-electron chi connectivity index (χ3n) is 3.29. The number of carbonyl (C=O) groups is 1. The quantitative estimate of drug-likeness (QED) is 0.172. The number of carbonyl (C=O) groups excluding carboxylic acids is 1. The van der Waals surface area contributed by atoms with Crippen LogP contribution in [0, 0.1) is 0 Å². The lowest BCUT2D eigenvalue weighted by Gasteiger charge is -2.06. The molecule has 1 N–H and O–H groups in total. The minimum Gasteiger partial charge on any atom is -0.722 e. The predicted octanol–water partition coefficient (Wildman–Crippen LogP) is 2.72. The molecule has 138 valence electrons. The number of hydrogen-bond donors (Lipinski definition) is 0. The molecule has 0 spiro atoms. The maximum absolute atomic E-state index is 12.4. The minimum atomic E-state index is -5.42. The van der Waals surface area contributed by atoms with Gasteiger partial charge in [-0.05, 0) is 18.6 Å². The van der Waals surface area contributed by atoms with Gasteiger partial charge in [-0.1, -0.05) is 31.2 Å². The van der Waals surface area contributed by atoms with Gasteiger partial charge in [-0.2, -0.15) is 4.89 Å². The number of nitrogens with one attached hydrogen (secondary N) is 1. The van der Waals surface area contributed by atoms with E-state index in [0.717, 1.165) is 28.2 Å². The highest BCUT2D eigenvalue weighted by molar-refractivity contribution is 7.80.